The van der Waals surface area contributed by atoms with Crippen molar-refractivity contribution in [2.24, 2.45) is 0 Å². The zero-order chi connectivity index (χ0) is 20.3. The lowest BCUT2D eigenvalue weighted by molar-refractivity contribution is 0.147. The maximum Gasteiger partial charge on any atom is 0.404 e. The van der Waals surface area contributed by atoms with Crippen LogP contribution in [0.5, 0.6) is 0 Å². The number of fused-ring (bicyclic) bond motifs is 1. The van der Waals surface area contributed by atoms with E-state index in [1.54, 1.807) is 18.2 Å². The average molecular weight is 410 g/mol. The average Bonchev–Trinajstić information content (AvgIpc) is 3.10. The number of amides is 1. The van der Waals surface area contributed by atoms with E-state index in [-0.39, 0.29) is 23.7 Å². The minimum Gasteiger partial charge on any atom is -0.465 e. The molecule has 0 aliphatic heterocycles. The number of aromatic nitrogens is 2. The number of alkyl halides is 2. The molecule has 148 valence electrons. The van der Waals surface area contributed by atoms with Crippen LogP contribution in [0.2, 0.25) is 0 Å². The molecule has 4 N–H and O–H groups in total. The number of hydrogen-bond donors (Lipinski definition) is 4. The number of pyridine rings is 1. The summed E-state index contributed by atoms with van der Waals surface area (Å²) < 4.78 is 52.6. The van der Waals surface area contributed by atoms with Crippen LogP contribution in [-0.4, -0.2) is 42.7 Å². The fourth-order valence-electron chi connectivity index (χ4n) is 2.67. The summed E-state index contributed by atoms with van der Waals surface area (Å²) in [6, 6.07) is 8.88. The Labute approximate surface area is 158 Å². The summed E-state index contributed by atoms with van der Waals surface area (Å²) >= 11 is 0. The lowest BCUT2D eigenvalue weighted by atomic mass is 10.0. The molecular formula is C17H16F2N4O4S. The first-order valence-corrected chi connectivity index (χ1v) is 9.59. The van der Waals surface area contributed by atoms with E-state index in [9.17, 15) is 22.0 Å². The Hall–Kier alpha value is -3.05. The number of halogens is 2. The second kappa shape index (κ2) is 7.90. The number of sulfonamides is 1. The molecule has 1 aromatic carbocycles. The normalized spacial score (nSPS) is 11.8. The highest BCUT2D eigenvalue weighted by Gasteiger charge is 2.16. The number of carboxylic acid groups (broad SMARTS) is 1. The number of hydrogen-bond acceptors (Lipinski definition) is 4. The van der Waals surface area contributed by atoms with Crippen molar-refractivity contribution >= 4 is 27.1 Å². The lowest BCUT2D eigenvalue weighted by Gasteiger charge is -2.08. The van der Waals surface area contributed by atoms with Gasteiger partial charge in [0.2, 0.25) is 10.0 Å². The second-order valence-corrected chi connectivity index (χ2v) is 7.57. The Morgan fingerprint density at radius 2 is 1.89 bits per heavy atom. The first kappa shape index (κ1) is 19.7. The van der Waals surface area contributed by atoms with Crippen LogP contribution in [0.25, 0.3) is 22.2 Å². The molecule has 2 heterocycles. The highest BCUT2D eigenvalue weighted by molar-refractivity contribution is 7.89. The lowest BCUT2D eigenvalue weighted by Crippen LogP contribution is -2.33. The van der Waals surface area contributed by atoms with Crippen molar-refractivity contribution in [1.82, 2.24) is 20.0 Å². The van der Waals surface area contributed by atoms with Crippen molar-refractivity contribution in [3.05, 3.63) is 48.3 Å². The molecule has 0 saturated heterocycles. The Balaban J connectivity index is 1.83. The van der Waals surface area contributed by atoms with Crippen LogP contribution in [0, 0.1) is 0 Å². The second-order valence-electron chi connectivity index (χ2n) is 5.80. The summed E-state index contributed by atoms with van der Waals surface area (Å²) in [5.41, 5.74) is 1.35. The number of nitrogens with one attached hydrogen (secondary N) is 3. The van der Waals surface area contributed by atoms with Gasteiger partial charge in [-0.25, -0.2) is 31.7 Å². The Bertz CT molecular complexity index is 1100. The number of nitrogens with zero attached hydrogens (tertiary/aromatic N) is 1. The Morgan fingerprint density at radius 3 is 2.54 bits per heavy atom. The maximum absolute atomic E-state index is 12.9. The third-order valence-electron chi connectivity index (χ3n) is 3.96. The zero-order valence-electron chi connectivity index (χ0n) is 14.3. The van der Waals surface area contributed by atoms with Crippen molar-refractivity contribution in [2.75, 3.05) is 13.1 Å². The summed E-state index contributed by atoms with van der Waals surface area (Å²) in [7, 11) is -3.81. The highest BCUT2D eigenvalue weighted by atomic mass is 32.2. The van der Waals surface area contributed by atoms with E-state index in [2.05, 4.69) is 20.0 Å². The van der Waals surface area contributed by atoms with Crippen molar-refractivity contribution in [3.63, 3.8) is 0 Å². The molecule has 0 saturated carbocycles. The molecule has 3 aromatic rings. The molecule has 0 radical (unpaired) electrons. The van der Waals surface area contributed by atoms with E-state index in [1.165, 1.54) is 24.4 Å². The summed E-state index contributed by atoms with van der Waals surface area (Å²) in [6.45, 7) is -0.164. The predicted molar refractivity (Wildman–Crippen MR) is 97.7 cm³/mol. The van der Waals surface area contributed by atoms with Gasteiger partial charge in [-0.15, -0.1) is 0 Å². The third kappa shape index (κ3) is 4.26. The van der Waals surface area contributed by atoms with Crippen molar-refractivity contribution < 1.29 is 27.1 Å². The van der Waals surface area contributed by atoms with E-state index in [1.807, 2.05) is 0 Å². The van der Waals surface area contributed by atoms with Gasteiger partial charge in [-0.1, -0.05) is 12.1 Å². The predicted octanol–water partition coefficient (Wildman–Crippen LogP) is 2.71. The van der Waals surface area contributed by atoms with Crippen LogP contribution in [-0.2, 0) is 10.0 Å². The molecule has 11 heteroatoms. The smallest absolute Gasteiger partial charge is 0.404 e. The van der Waals surface area contributed by atoms with Gasteiger partial charge in [-0.2, -0.15) is 0 Å². The van der Waals surface area contributed by atoms with E-state index >= 15 is 0 Å². The standard InChI is InChI=1S/C17H16F2N4O4S/c18-15(19)14-9-13-12(5-6-20-16(13)23-14)10-1-3-11(4-2-10)28(26,27)22-8-7-21-17(24)25/h1-6,9,15,21-22H,7-8H2,(H,20,23)(H,24,25). The van der Waals surface area contributed by atoms with Gasteiger partial charge in [-0.05, 0) is 35.4 Å². The highest BCUT2D eigenvalue weighted by Crippen LogP contribution is 2.31. The van der Waals surface area contributed by atoms with Crippen molar-refractivity contribution in [1.29, 1.82) is 0 Å². The molecule has 8 nitrogen and oxygen atoms in total. The van der Waals surface area contributed by atoms with Crippen LogP contribution in [0.4, 0.5) is 13.6 Å². The molecule has 0 atom stereocenters. The first-order chi connectivity index (χ1) is 13.3. The monoisotopic (exact) mass is 410 g/mol. The summed E-state index contributed by atoms with van der Waals surface area (Å²) in [5, 5.41) is 11.0. The van der Waals surface area contributed by atoms with Crippen LogP contribution in [0.1, 0.15) is 12.1 Å². The Morgan fingerprint density at radius 1 is 1.18 bits per heavy atom. The number of rotatable bonds is 7. The van der Waals surface area contributed by atoms with Gasteiger partial charge in [0.1, 0.15) is 5.65 Å². The fraction of sp³-hybridized carbons (Fsp3) is 0.176. The van der Waals surface area contributed by atoms with Gasteiger partial charge in [0.15, 0.2) is 0 Å². The first-order valence-electron chi connectivity index (χ1n) is 8.10. The van der Waals surface area contributed by atoms with Gasteiger partial charge in [0, 0.05) is 24.7 Å². The molecule has 2 aromatic heterocycles. The molecule has 0 aliphatic carbocycles. The van der Waals surface area contributed by atoms with E-state index in [0.717, 1.165) is 0 Å². The molecule has 1 amide bonds. The number of H-pyrrole nitrogens is 1. The van der Waals surface area contributed by atoms with Crippen LogP contribution < -0.4 is 10.0 Å². The van der Waals surface area contributed by atoms with Gasteiger partial charge in [0.05, 0.1) is 10.6 Å². The van der Waals surface area contributed by atoms with Gasteiger partial charge >= 0.3 is 6.09 Å². The third-order valence-corrected chi connectivity index (χ3v) is 5.43. The SMILES string of the molecule is O=C(O)NCCNS(=O)(=O)c1ccc(-c2ccnc3[nH]c(C(F)F)cc23)cc1. The minimum atomic E-state index is -3.81. The summed E-state index contributed by atoms with van der Waals surface area (Å²) in [6.07, 6.45) is -2.42. The molecule has 0 aliphatic rings. The number of carbonyl (C=O) groups is 1. The van der Waals surface area contributed by atoms with E-state index in [4.69, 9.17) is 5.11 Å². The maximum atomic E-state index is 12.9. The van der Waals surface area contributed by atoms with Crippen molar-refractivity contribution in [2.45, 2.75) is 11.3 Å². The zero-order valence-corrected chi connectivity index (χ0v) is 15.1. The summed E-state index contributed by atoms with van der Waals surface area (Å²) in [5.74, 6) is 0. The molecule has 0 unspecified atom stereocenters. The van der Waals surface area contributed by atoms with E-state index < -0.39 is 22.5 Å². The molecule has 3 rings (SSSR count). The topological polar surface area (TPSA) is 124 Å². The number of aromatic amines is 1. The van der Waals surface area contributed by atoms with Gasteiger partial charge in [0.25, 0.3) is 6.43 Å². The molecule has 0 spiro atoms. The molecular weight excluding hydrogens is 394 g/mol. The van der Waals surface area contributed by atoms with Gasteiger partial charge < -0.3 is 15.4 Å². The number of benzene rings is 1. The van der Waals surface area contributed by atoms with Gasteiger partial charge in [-0.3, -0.25) is 0 Å². The van der Waals surface area contributed by atoms with E-state index in [0.29, 0.717) is 22.2 Å². The molecule has 0 bridgehead atoms. The summed E-state index contributed by atoms with van der Waals surface area (Å²) in [4.78, 5) is 17.0. The largest absolute Gasteiger partial charge is 0.465 e. The van der Waals surface area contributed by atoms with Crippen molar-refractivity contribution in [3.8, 4) is 11.1 Å². The van der Waals surface area contributed by atoms with Crippen LogP contribution >= 0.6 is 0 Å². The van der Waals surface area contributed by atoms with Crippen LogP contribution in [0.3, 0.4) is 0 Å². The van der Waals surface area contributed by atoms with Crippen LogP contribution in [0.15, 0.2) is 47.5 Å². The molecule has 28 heavy (non-hydrogen) atoms. The Kier molecular flexibility index (Phi) is 5.56. The fourth-order valence-corrected chi connectivity index (χ4v) is 3.70. The quantitative estimate of drug-likeness (QED) is 0.446. The molecule has 0 fully saturated rings. The minimum absolute atomic E-state index is 0.000729.